The second kappa shape index (κ2) is 5.21. The maximum absolute atomic E-state index is 12.2. The molecule has 0 bridgehead atoms. The first-order valence-electron chi connectivity index (χ1n) is 6.17. The summed E-state index contributed by atoms with van der Waals surface area (Å²) < 4.78 is 6.19. The van der Waals surface area contributed by atoms with Crippen molar-refractivity contribution < 1.29 is 9.32 Å². The first-order chi connectivity index (χ1) is 9.08. The third-order valence-electron chi connectivity index (χ3n) is 3.06. The summed E-state index contributed by atoms with van der Waals surface area (Å²) in [5, 5.41) is 4.03. The summed E-state index contributed by atoms with van der Waals surface area (Å²) in [5.74, 6) is -0.109. The van der Waals surface area contributed by atoms with Crippen LogP contribution in [0.4, 0.5) is 0 Å². The van der Waals surface area contributed by atoms with Gasteiger partial charge in [-0.05, 0) is 20.8 Å². The van der Waals surface area contributed by atoms with Crippen molar-refractivity contribution in [1.82, 2.24) is 19.6 Å². The van der Waals surface area contributed by atoms with E-state index in [4.69, 9.17) is 4.52 Å². The second-order valence-corrected chi connectivity index (χ2v) is 4.19. The second-order valence-electron chi connectivity index (χ2n) is 4.19. The van der Waals surface area contributed by atoms with Crippen molar-refractivity contribution in [3.63, 3.8) is 0 Å². The Morgan fingerprint density at radius 3 is 2.74 bits per heavy atom. The highest BCUT2D eigenvalue weighted by Crippen LogP contribution is 2.09. The molecule has 2 aromatic heterocycles. The molecule has 2 rings (SSSR count). The summed E-state index contributed by atoms with van der Waals surface area (Å²) in [7, 11) is 0. The van der Waals surface area contributed by atoms with Crippen molar-refractivity contribution in [2.75, 3.05) is 13.1 Å². The Hall–Kier alpha value is -2.18. The standard InChI is InChI=1S/C12H16N4O3/c1-4-15(5-2)9(17)6-16-7-13-11-10(12(16)18)8(3)14-19-11/h7H,4-6H2,1-3H3. The van der Waals surface area contributed by atoms with Gasteiger partial charge in [0, 0.05) is 13.1 Å². The van der Waals surface area contributed by atoms with Crippen LogP contribution in [-0.2, 0) is 11.3 Å². The van der Waals surface area contributed by atoms with Gasteiger partial charge in [0.1, 0.15) is 18.3 Å². The zero-order valence-electron chi connectivity index (χ0n) is 11.2. The lowest BCUT2D eigenvalue weighted by Crippen LogP contribution is -2.36. The van der Waals surface area contributed by atoms with Crippen LogP contribution < -0.4 is 5.56 Å². The highest BCUT2D eigenvalue weighted by atomic mass is 16.5. The summed E-state index contributed by atoms with van der Waals surface area (Å²) in [5.41, 5.74) is 0.385. The fraction of sp³-hybridized carbons (Fsp3) is 0.500. The summed E-state index contributed by atoms with van der Waals surface area (Å²) in [6.07, 6.45) is 1.32. The Morgan fingerprint density at radius 1 is 1.42 bits per heavy atom. The number of carbonyl (C=O) groups excluding carboxylic acids is 1. The Morgan fingerprint density at radius 2 is 2.11 bits per heavy atom. The lowest BCUT2D eigenvalue weighted by molar-refractivity contribution is -0.131. The molecule has 102 valence electrons. The van der Waals surface area contributed by atoms with E-state index in [1.807, 2.05) is 13.8 Å². The number of likely N-dealkylation sites (N-methyl/N-ethyl adjacent to an activating group) is 1. The number of fused-ring (bicyclic) bond motifs is 1. The molecule has 7 heteroatoms. The van der Waals surface area contributed by atoms with Crippen LogP contribution in [0.15, 0.2) is 15.6 Å². The predicted octanol–water partition coefficient (Wildman–Crippen LogP) is 0.561. The molecule has 0 spiro atoms. The number of nitrogens with zero attached hydrogens (tertiary/aromatic N) is 4. The molecular weight excluding hydrogens is 248 g/mol. The molecule has 0 aliphatic rings. The first kappa shape index (κ1) is 13.3. The van der Waals surface area contributed by atoms with Crippen LogP contribution in [0.3, 0.4) is 0 Å². The molecule has 0 N–H and O–H groups in total. The molecule has 0 radical (unpaired) electrons. The lowest BCUT2D eigenvalue weighted by Gasteiger charge is -2.18. The van der Waals surface area contributed by atoms with Crippen LogP contribution in [0.5, 0.6) is 0 Å². The van der Waals surface area contributed by atoms with Gasteiger partial charge in [-0.1, -0.05) is 5.16 Å². The van der Waals surface area contributed by atoms with E-state index in [9.17, 15) is 9.59 Å². The van der Waals surface area contributed by atoms with Crippen molar-refractivity contribution in [3.05, 3.63) is 22.4 Å². The minimum atomic E-state index is -0.302. The van der Waals surface area contributed by atoms with E-state index in [0.717, 1.165) is 0 Å². The monoisotopic (exact) mass is 264 g/mol. The fourth-order valence-corrected chi connectivity index (χ4v) is 1.94. The van der Waals surface area contributed by atoms with Crippen LogP contribution in [0.25, 0.3) is 11.1 Å². The van der Waals surface area contributed by atoms with Crippen LogP contribution in [-0.4, -0.2) is 38.6 Å². The molecule has 0 unspecified atom stereocenters. The quantitative estimate of drug-likeness (QED) is 0.806. The summed E-state index contributed by atoms with van der Waals surface area (Å²) >= 11 is 0. The third-order valence-corrected chi connectivity index (χ3v) is 3.06. The van der Waals surface area contributed by atoms with Crippen molar-refractivity contribution in [2.45, 2.75) is 27.3 Å². The zero-order valence-corrected chi connectivity index (χ0v) is 11.2. The highest BCUT2D eigenvalue weighted by molar-refractivity contribution is 5.77. The molecule has 0 aliphatic heterocycles. The van der Waals surface area contributed by atoms with E-state index in [-0.39, 0.29) is 23.7 Å². The molecule has 7 nitrogen and oxygen atoms in total. The van der Waals surface area contributed by atoms with E-state index in [2.05, 4.69) is 10.1 Å². The number of aryl methyl sites for hydroxylation is 1. The number of rotatable bonds is 4. The highest BCUT2D eigenvalue weighted by Gasteiger charge is 2.15. The smallest absolute Gasteiger partial charge is 0.267 e. The molecule has 0 saturated heterocycles. The average Bonchev–Trinajstić information content (AvgIpc) is 2.77. The molecule has 19 heavy (non-hydrogen) atoms. The van der Waals surface area contributed by atoms with Crippen molar-refractivity contribution >= 4 is 17.0 Å². The molecular formula is C12H16N4O3. The minimum absolute atomic E-state index is 0.0198. The van der Waals surface area contributed by atoms with E-state index in [0.29, 0.717) is 24.2 Å². The van der Waals surface area contributed by atoms with E-state index in [1.54, 1.807) is 11.8 Å². The van der Waals surface area contributed by atoms with Crippen LogP contribution in [0.1, 0.15) is 19.5 Å². The largest absolute Gasteiger partial charge is 0.342 e. The Bertz CT molecular complexity index is 655. The van der Waals surface area contributed by atoms with Crippen molar-refractivity contribution in [1.29, 1.82) is 0 Å². The maximum atomic E-state index is 12.2. The SMILES string of the molecule is CCN(CC)C(=O)Cn1cnc2onc(C)c2c1=O. The zero-order chi connectivity index (χ0) is 14.0. The number of amides is 1. The maximum Gasteiger partial charge on any atom is 0.267 e. The van der Waals surface area contributed by atoms with Gasteiger partial charge in [-0.2, -0.15) is 0 Å². The predicted molar refractivity (Wildman–Crippen MR) is 68.7 cm³/mol. The van der Waals surface area contributed by atoms with E-state index < -0.39 is 0 Å². The molecule has 1 amide bonds. The van der Waals surface area contributed by atoms with Gasteiger partial charge in [-0.15, -0.1) is 0 Å². The van der Waals surface area contributed by atoms with Gasteiger partial charge in [0.05, 0.1) is 5.69 Å². The normalized spacial score (nSPS) is 10.9. The van der Waals surface area contributed by atoms with Gasteiger partial charge in [-0.3, -0.25) is 14.2 Å². The van der Waals surface area contributed by atoms with Gasteiger partial charge in [0.15, 0.2) is 0 Å². The Balaban J connectivity index is 2.36. The number of aromatic nitrogens is 3. The van der Waals surface area contributed by atoms with Crippen LogP contribution >= 0.6 is 0 Å². The summed E-state index contributed by atoms with van der Waals surface area (Å²) in [6.45, 7) is 6.68. The number of hydrogen-bond donors (Lipinski definition) is 0. The molecule has 0 fully saturated rings. The number of hydrogen-bond acceptors (Lipinski definition) is 5. The Labute approximate surface area is 109 Å². The van der Waals surface area contributed by atoms with Gasteiger partial charge >= 0.3 is 0 Å². The lowest BCUT2D eigenvalue weighted by atomic mass is 10.3. The van der Waals surface area contributed by atoms with Crippen LogP contribution in [0.2, 0.25) is 0 Å². The van der Waals surface area contributed by atoms with E-state index >= 15 is 0 Å². The van der Waals surface area contributed by atoms with Crippen LogP contribution in [0, 0.1) is 6.92 Å². The van der Waals surface area contributed by atoms with Gasteiger partial charge in [0.25, 0.3) is 11.3 Å². The molecule has 0 atom stereocenters. The molecule has 0 aliphatic carbocycles. The van der Waals surface area contributed by atoms with Gasteiger partial charge < -0.3 is 9.42 Å². The molecule has 2 aromatic rings. The van der Waals surface area contributed by atoms with Gasteiger partial charge in [0.2, 0.25) is 5.91 Å². The minimum Gasteiger partial charge on any atom is -0.342 e. The fourth-order valence-electron chi connectivity index (χ4n) is 1.94. The van der Waals surface area contributed by atoms with Crippen molar-refractivity contribution in [3.8, 4) is 0 Å². The van der Waals surface area contributed by atoms with Crippen molar-refractivity contribution in [2.24, 2.45) is 0 Å². The summed E-state index contributed by atoms with van der Waals surface area (Å²) in [4.78, 5) is 29.8. The summed E-state index contributed by atoms with van der Waals surface area (Å²) in [6, 6.07) is 0. The topological polar surface area (TPSA) is 81.2 Å². The third kappa shape index (κ3) is 2.35. The van der Waals surface area contributed by atoms with E-state index in [1.165, 1.54) is 10.9 Å². The first-order valence-corrected chi connectivity index (χ1v) is 6.17. The average molecular weight is 264 g/mol. The number of carbonyl (C=O) groups is 1. The molecule has 0 aromatic carbocycles. The Kier molecular flexibility index (Phi) is 3.64. The molecule has 2 heterocycles. The molecule has 0 saturated carbocycles. The van der Waals surface area contributed by atoms with Gasteiger partial charge in [-0.25, -0.2) is 4.98 Å².